The number of carbonyl (C=O) groups is 1. The Morgan fingerprint density at radius 2 is 1.83 bits per heavy atom. The summed E-state index contributed by atoms with van der Waals surface area (Å²) in [6, 6.07) is 17.8. The average molecular weight is 321 g/mol. The van der Waals surface area contributed by atoms with Gasteiger partial charge in [0.2, 0.25) is 5.91 Å². The Morgan fingerprint density at radius 1 is 1.12 bits per heavy atom. The SMILES string of the molecule is CCCn1c([C@H](C)NC(=O)Cc2ccccc2)nc2ccccc21. The zero-order valence-corrected chi connectivity index (χ0v) is 14.2. The molecule has 0 aliphatic carbocycles. The summed E-state index contributed by atoms with van der Waals surface area (Å²) in [6.07, 6.45) is 1.41. The van der Waals surface area contributed by atoms with Crippen molar-refractivity contribution in [2.24, 2.45) is 0 Å². The molecular weight excluding hydrogens is 298 g/mol. The van der Waals surface area contributed by atoms with E-state index in [1.54, 1.807) is 0 Å². The van der Waals surface area contributed by atoms with Gasteiger partial charge in [-0.1, -0.05) is 49.4 Å². The van der Waals surface area contributed by atoms with Gasteiger partial charge in [0, 0.05) is 6.54 Å². The molecule has 4 nitrogen and oxygen atoms in total. The number of aromatic nitrogens is 2. The molecule has 0 radical (unpaired) electrons. The molecule has 1 amide bonds. The van der Waals surface area contributed by atoms with Crippen molar-refractivity contribution in [1.29, 1.82) is 0 Å². The number of imidazole rings is 1. The average Bonchev–Trinajstić information content (AvgIpc) is 2.95. The summed E-state index contributed by atoms with van der Waals surface area (Å²) >= 11 is 0. The molecule has 0 bridgehead atoms. The molecule has 3 rings (SSSR count). The van der Waals surface area contributed by atoms with E-state index in [2.05, 4.69) is 22.9 Å². The van der Waals surface area contributed by atoms with Crippen molar-refractivity contribution < 1.29 is 4.79 Å². The molecule has 124 valence electrons. The first kappa shape index (κ1) is 16.2. The van der Waals surface area contributed by atoms with Crippen molar-refractivity contribution in [3.63, 3.8) is 0 Å². The largest absolute Gasteiger partial charge is 0.346 e. The zero-order valence-electron chi connectivity index (χ0n) is 14.2. The van der Waals surface area contributed by atoms with Crippen LogP contribution in [0.5, 0.6) is 0 Å². The molecule has 0 fully saturated rings. The van der Waals surface area contributed by atoms with Crippen LogP contribution in [0.4, 0.5) is 0 Å². The van der Waals surface area contributed by atoms with Gasteiger partial charge in [0.1, 0.15) is 5.82 Å². The van der Waals surface area contributed by atoms with Crippen LogP contribution >= 0.6 is 0 Å². The predicted octanol–water partition coefficient (Wildman–Crippen LogP) is 3.87. The van der Waals surface area contributed by atoms with Crippen molar-refractivity contribution in [2.45, 2.75) is 39.3 Å². The molecule has 24 heavy (non-hydrogen) atoms. The van der Waals surface area contributed by atoms with Crippen LogP contribution in [0.15, 0.2) is 54.6 Å². The minimum absolute atomic E-state index is 0.0174. The molecule has 1 atom stereocenters. The first-order chi connectivity index (χ1) is 11.7. The van der Waals surface area contributed by atoms with Gasteiger partial charge in [0.25, 0.3) is 0 Å². The number of hydrogen-bond donors (Lipinski definition) is 1. The summed E-state index contributed by atoms with van der Waals surface area (Å²) in [5, 5.41) is 3.08. The van der Waals surface area contributed by atoms with Crippen molar-refractivity contribution in [1.82, 2.24) is 14.9 Å². The molecule has 0 aliphatic heterocycles. The lowest BCUT2D eigenvalue weighted by Crippen LogP contribution is -2.30. The zero-order chi connectivity index (χ0) is 16.9. The number of benzene rings is 2. The van der Waals surface area contributed by atoms with Crippen LogP contribution in [0, 0.1) is 0 Å². The van der Waals surface area contributed by atoms with Crippen molar-refractivity contribution in [3.8, 4) is 0 Å². The lowest BCUT2D eigenvalue weighted by Gasteiger charge is -2.16. The molecule has 1 aromatic heterocycles. The van der Waals surface area contributed by atoms with Gasteiger partial charge in [-0.05, 0) is 31.0 Å². The molecule has 1 heterocycles. The molecule has 0 saturated heterocycles. The van der Waals surface area contributed by atoms with Gasteiger partial charge in [-0.25, -0.2) is 4.98 Å². The third kappa shape index (κ3) is 3.48. The van der Waals surface area contributed by atoms with Crippen LogP contribution in [0.25, 0.3) is 11.0 Å². The minimum atomic E-state index is -0.125. The second-order valence-corrected chi connectivity index (χ2v) is 6.06. The van der Waals surface area contributed by atoms with Crippen LogP contribution in [-0.2, 0) is 17.8 Å². The lowest BCUT2D eigenvalue weighted by atomic mass is 10.1. The smallest absolute Gasteiger partial charge is 0.224 e. The van der Waals surface area contributed by atoms with Gasteiger partial charge in [-0.15, -0.1) is 0 Å². The second kappa shape index (κ2) is 7.30. The molecule has 3 aromatic rings. The van der Waals surface area contributed by atoms with E-state index in [1.807, 2.05) is 55.5 Å². The van der Waals surface area contributed by atoms with E-state index in [4.69, 9.17) is 4.98 Å². The highest BCUT2D eigenvalue weighted by Crippen LogP contribution is 2.21. The van der Waals surface area contributed by atoms with Gasteiger partial charge in [-0.2, -0.15) is 0 Å². The number of rotatable bonds is 6. The van der Waals surface area contributed by atoms with Crippen molar-refractivity contribution in [3.05, 3.63) is 66.0 Å². The van der Waals surface area contributed by atoms with E-state index in [0.717, 1.165) is 35.4 Å². The van der Waals surface area contributed by atoms with Crippen LogP contribution in [0.1, 0.15) is 37.7 Å². The fourth-order valence-corrected chi connectivity index (χ4v) is 3.02. The van der Waals surface area contributed by atoms with E-state index in [-0.39, 0.29) is 11.9 Å². The maximum absolute atomic E-state index is 12.3. The van der Waals surface area contributed by atoms with Crippen LogP contribution in [0.3, 0.4) is 0 Å². The van der Waals surface area contributed by atoms with Crippen molar-refractivity contribution >= 4 is 16.9 Å². The van der Waals surface area contributed by atoms with E-state index >= 15 is 0 Å². The standard InChI is InChI=1S/C20H23N3O/c1-3-13-23-18-12-8-7-11-17(18)22-20(23)15(2)21-19(24)14-16-9-5-4-6-10-16/h4-12,15H,3,13-14H2,1-2H3,(H,21,24)/t15-/m0/s1. The number of nitrogens with zero attached hydrogens (tertiary/aromatic N) is 2. The van der Waals surface area contributed by atoms with Gasteiger partial charge < -0.3 is 9.88 Å². The lowest BCUT2D eigenvalue weighted by molar-refractivity contribution is -0.121. The molecule has 0 unspecified atom stereocenters. The summed E-state index contributed by atoms with van der Waals surface area (Å²) in [6.45, 7) is 5.04. The Hall–Kier alpha value is -2.62. The normalized spacial score (nSPS) is 12.2. The first-order valence-electron chi connectivity index (χ1n) is 8.47. The van der Waals surface area contributed by atoms with Crippen LogP contribution in [-0.4, -0.2) is 15.5 Å². The number of fused-ring (bicyclic) bond motifs is 1. The topological polar surface area (TPSA) is 46.9 Å². The number of aryl methyl sites for hydroxylation is 1. The molecular formula is C20H23N3O. The highest BCUT2D eigenvalue weighted by molar-refractivity contribution is 5.79. The van der Waals surface area contributed by atoms with Crippen LogP contribution < -0.4 is 5.32 Å². The third-order valence-electron chi connectivity index (χ3n) is 4.10. The second-order valence-electron chi connectivity index (χ2n) is 6.06. The fraction of sp³-hybridized carbons (Fsp3) is 0.300. The molecule has 2 aromatic carbocycles. The fourth-order valence-electron chi connectivity index (χ4n) is 3.02. The Kier molecular flexibility index (Phi) is 4.94. The summed E-state index contributed by atoms with van der Waals surface area (Å²) in [7, 11) is 0. The maximum atomic E-state index is 12.3. The minimum Gasteiger partial charge on any atom is -0.346 e. The Labute approximate surface area is 142 Å². The number of para-hydroxylation sites is 2. The van der Waals surface area contributed by atoms with E-state index in [9.17, 15) is 4.79 Å². The Morgan fingerprint density at radius 3 is 2.58 bits per heavy atom. The van der Waals surface area contributed by atoms with E-state index in [0.29, 0.717) is 6.42 Å². The van der Waals surface area contributed by atoms with Gasteiger partial charge in [0.15, 0.2) is 0 Å². The summed E-state index contributed by atoms with van der Waals surface area (Å²) in [5.41, 5.74) is 3.12. The van der Waals surface area contributed by atoms with Gasteiger partial charge >= 0.3 is 0 Å². The number of hydrogen-bond acceptors (Lipinski definition) is 2. The van der Waals surface area contributed by atoms with E-state index in [1.165, 1.54) is 0 Å². The number of nitrogens with one attached hydrogen (secondary N) is 1. The molecule has 1 N–H and O–H groups in total. The maximum Gasteiger partial charge on any atom is 0.224 e. The van der Waals surface area contributed by atoms with Gasteiger partial charge in [-0.3, -0.25) is 4.79 Å². The highest BCUT2D eigenvalue weighted by Gasteiger charge is 2.18. The predicted molar refractivity (Wildman–Crippen MR) is 96.7 cm³/mol. The summed E-state index contributed by atoms with van der Waals surface area (Å²) < 4.78 is 2.21. The molecule has 4 heteroatoms. The molecule has 0 spiro atoms. The summed E-state index contributed by atoms with van der Waals surface area (Å²) in [4.78, 5) is 17.1. The Balaban J connectivity index is 1.79. The van der Waals surface area contributed by atoms with E-state index < -0.39 is 0 Å². The molecule has 0 aliphatic rings. The quantitative estimate of drug-likeness (QED) is 0.749. The number of carbonyl (C=O) groups excluding carboxylic acids is 1. The monoisotopic (exact) mass is 321 g/mol. The summed E-state index contributed by atoms with van der Waals surface area (Å²) in [5.74, 6) is 0.934. The Bertz CT molecular complexity index is 823. The number of amides is 1. The third-order valence-corrected chi connectivity index (χ3v) is 4.10. The highest BCUT2D eigenvalue weighted by atomic mass is 16.1. The first-order valence-corrected chi connectivity index (χ1v) is 8.47. The van der Waals surface area contributed by atoms with Crippen LogP contribution in [0.2, 0.25) is 0 Å². The molecule has 0 saturated carbocycles. The van der Waals surface area contributed by atoms with Crippen molar-refractivity contribution in [2.75, 3.05) is 0 Å². The van der Waals surface area contributed by atoms with Gasteiger partial charge in [0.05, 0.1) is 23.5 Å².